The van der Waals surface area contributed by atoms with Gasteiger partial charge in [0.15, 0.2) is 0 Å². The predicted octanol–water partition coefficient (Wildman–Crippen LogP) is 2.56. The molecule has 0 saturated carbocycles. The van der Waals surface area contributed by atoms with E-state index in [1.54, 1.807) is 18.2 Å². The highest BCUT2D eigenvalue weighted by molar-refractivity contribution is 9.10. The molecule has 0 aliphatic carbocycles. The third-order valence-corrected chi connectivity index (χ3v) is 2.81. The molecule has 0 atom stereocenters. The lowest BCUT2D eigenvalue weighted by Crippen LogP contribution is -2.31. The SMILES string of the molecule is O=C(CNCCOCC(F)(F)F)Nc1ccccc1Br. The molecule has 1 aromatic rings. The molecule has 1 aromatic carbocycles. The first-order valence-electron chi connectivity index (χ1n) is 5.78. The first kappa shape index (κ1) is 16.9. The van der Waals surface area contributed by atoms with Crippen LogP contribution in [0.2, 0.25) is 0 Å². The molecular formula is C12H14BrF3N2O2. The van der Waals surface area contributed by atoms with Crippen LogP contribution in [0.15, 0.2) is 28.7 Å². The van der Waals surface area contributed by atoms with Crippen molar-refractivity contribution < 1.29 is 22.7 Å². The molecule has 0 unspecified atom stereocenters. The monoisotopic (exact) mass is 354 g/mol. The number of nitrogens with one attached hydrogen (secondary N) is 2. The zero-order valence-corrected chi connectivity index (χ0v) is 12.1. The van der Waals surface area contributed by atoms with Crippen LogP contribution in [0.5, 0.6) is 0 Å². The molecule has 0 radical (unpaired) electrons. The summed E-state index contributed by atoms with van der Waals surface area (Å²) in [6.45, 7) is -1.23. The quantitative estimate of drug-likeness (QED) is 0.740. The highest BCUT2D eigenvalue weighted by atomic mass is 79.9. The molecule has 0 fully saturated rings. The molecular weight excluding hydrogens is 341 g/mol. The van der Waals surface area contributed by atoms with Crippen LogP contribution in [-0.4, -0.2) is 38.4 Å². The minimum absolute atomic E-state index is 0.00326. The van der Waals surface area contributed by atoms with E-state index in [2.05, 4.69) is 31.3 Å². The van der Waals surface area contributed by atoms with Crippen molar-refractivity contribution in [3.63, 3.8) is 0 Å². The van der Waals surface area contributed by atoms with Crippen molar-refractivity contribution in [2.45, 2.75) is 6.18 Å². The van der Waals surface area contributed by atoms with Crippen LogP contribution in [0.4, 0.5) is 18.9 Å². The Morgan fingerprint density at radius 2 is 2.00 bits per heavy atom. The van der Waals surface area contributed by atoms with E-state index >= 15 is 0 Å². The maximum Gasteiger partial charge on any atom is 0.411 e. The normalized spacial score (nSPS) is 11.4. The summed E-state index contributed by atoms with van der Waals surface area (Å²) >= 11 is 3.28. The fourth-order valence-corrected chi connectivity index (χ4v) is 1.68. The Hall–Kier alpha value is -1.12. The molecule has 4 nitrogen and oxygen atoms in total. The molecule has 8 heteroatoms. The summed E-state index contributed by atoms with van der Waals surface area (Å²) in [4.78, 5) is 11.5. The van der Waals surface area contributed by atoms with E-state index in [4.69, 9.17) is 0 Å². The molecule has 0 bridgehead atoms. The van der Waals surface area contributed by atoms with Crippen LogP contribution in [0.3, 0.4) is 0 Å². The minimum atomic E-state index is -4.32. The van der Waals surface area contributed by atoms with E-state index in [0.717, 1.165) is 4.47 Å². The Morgan fingerprint density at radius 3 is 2.65 bits per heavy atom. The Kier molecular flexibility index (Phi) is 6.97. The Morgan fingerprint density at radius 1 is 1.30 bits per heavy atom. The van der Waals surface area contributed by atoms with E-state index in [9.17, 15) is 18.0 Å². The number of alkyl halides is 3. The highest BCUT2D eigenvalue weighted by Crippen LogP contribution is 2.20. The second kappa shape index (κ2) is 8.23. The van der Waals surface area contributed by atoms with Crippen LogP contribution in [-0.2, 0) is 9.53 Å². The van der Waals surface area contributed by atoms with Crippen molar-refractivity contribution in [1.29, 1.82) is 0 Å². The van der Waals surface area contributed by atoms with Gasteiger partial charge in [0.2, 0.25) is 5.91 Å². The number of amides is 1. The second-order valence-corrected chi connectivity index (χ2v) is 4.73. The molecule has 0 saturated heterocycles. The molecule has 0 aliphatic rings. The molecule has 0 spiro atoms. The van der Waals surface area contributed by atoms with Gasteiger partial charge in [0.25, 0.3) is 0 Å². The maximum absolute atomic E-state index is 11.8. The minimum Gasteiger partial charge on any atom is -0.371 e. The fourth-order valence-electron chi connectivity index (χ4n) is 1.29. The van der Waals surface area contributed by atoms with Gasteiger partial charge in [0.1, 0.15) is 6.61 Å². The average molecular weight is 355 g/mol. The summed E-state index contributed by atoms with van der Waals surface area (Å²) in [5.74, 6) is -0.285. The maximum atomic E-state index is 11.8. The van der Waals surface area contributed by atoms with E-state index in [1.165, 1.54) is 0 Å². The number of rotatable bonds is 7. The van der Waals surface area contributed by atoms with Gasteiger partial charge < -0.3 is 15.4 Å². The molecule has 20 heavy (non-hydrogen) atoms. The van der Waals surface area contributed by atoms with Crippen LogP contribution >= 0.6 is 15.9 Å². The summed E-state index contributed by atoms with van der Waals surface area (Å²) in [5, 5.41) is 5.35. The summed E-state index contributed by atoms with van der Waals surface area (Å²) in [7, 11) is 0. The number of ether oxygens (including phenoxy) is 1. The van der Waals surface area contributed by atoms with E-state index < -0.39 is 12.8 Å². The zero-order valence-electron chi connectivity index (χ0n) is 10.5. The standard InChI is InChI=1S/C12H14BrF3N2O2/c13-9-3-1-2-4-10(9)18-11(19)7-17-5-6-20-8-12(14,15)16/h1-4,17H,5-8H2,(H,18,19). The molecule has 1 rings (SSSR count). The number of hydrogen-bond donors (Lipinski definition) is 2. The van der Waals surface area contributed by atoms with Gasteiger partial charge in [-0.1, -0.05) is 12.1 Å². The van der Waals surface area contributed by atoms with Gasteiger partial charge in [0, 0.05) is 11.0 Å². The smallest absolute Gasteiger partial charge is 0.371 e. The van der Waals surface area contributed by atoms with E-state index in [1.807, 2.05) is 6.07 Å². The first-order valence-corrected chi connectivity index (χ1v) is 6.57. The van der Waals surface area contributed by atoms with Gasteiger partial charge in [-0.2, -0.15) is 13.2 Å². The second-order valence-electron chi connectivity index (χ2n) is 3.87. The van der Waals surface area contributed by atoms with Crippen molar-refractivity contribution in [3.8, 4) is 0 Å². The van der Waals surface area contributed by atoms with Crippen molar-refractivity contribution in [2.24, 2.45) is 0 Å². The number of para-hydroxylation sites is 1. The van der Waals surface area contributed by atoms with Crippen LogP contribution in [0.25, 0.3) is 0 Å². The molecule has 1 amide bonds. The average Bonchev–Trinajstić information content (AvgIpc) is 2.35. The highest BCUT2D eigenvalue weighted by Gasteiger charge is 2.27. The number of carbonyl (C=O) groups is 1. The zero-order chi connectivity index (χ0) is 15.0. The van der Waals surface area contributed by atoms with Crippen LogP contribution in [0, 0.1) is 0 Å². The molecule has 2 N–H and O–H groups in total. The van der Waals surface area contributed by atoms with Crippen molar-refractivity contribution >= 4 is 27.5 Å². The molecule has 0 aromatic heterocycles. The summed E-state index contributed by atoms with van der Waals surface area (Å²) in [6.07, 6.45) is -4.32. The lowest BCUT2D eigenvalue weighted by atomic mass is 10.3. The van der Waals surface area contributed by atoms with Gasteiger partial charge in [-0.05, 0) is 28.1 Å². The van der Waals surface area contributed by atoms with Gasteiger partial charge in [-0.25, -0.2) is 0 Å². The van der Waals surface area contributed by atoms with Crippen molar-refractivity contribution in [2.75, 3.05) is 31.6 Å². The van der Waals surface area contributed by atoms with Crippen molar-refractivity contribution in [1.82, 2.24) is 5.32 Å². The van der Waals surface area contributed by atoms with E-state index in [0.29, 0.717) is 5.69 Å². The number of halogens is 4. The fraction of sp³-hybridized carbons (Fsp3) is 0.417. The summed E-state index contributed by atoms with van der Waals surface area (Å²) in [5.41, 5.74) is 0.632. The molecule has 0 aliphatic heterocycles. The van der Waals surface area contributed by atoms with Crippen LogP contribution in [0.1, 0.15) is 0 Å². The third kappa shape index (κ3) is 7.46. The third-order valence-electron chi connectivity index (χ3n) is 2.12. The summed E-state index contributed by atoms with van der Waals surface area (Å²) in [6, 6.07) is 7.11. The number of benzene rings is 1. The predicted molar refractivity (Wildman–Crippen MR) is 72.5 cm³/mol. The Bertz CT molecular complexity index is 441. The first-order chi connectivity index (χ1) is 9.38. The van der Waals surface area contributed by atoms with Crippen molar-refractivity contribution in [3.05, 3.63) is 28.7 Å². The van der Waals surface area contributed by atoms with Gasteiger partial charge in [-0.3, -0.25) is 4.79 Å². The Labute approximate surface area is 122 Å². The largest absolute Gasteiger partial charge is 0.411 e. The molecule has 0 heterocycles. The number of carbonyl (C=O) groups excluding carboxylic acids is 1. The summed E-state index contributed by atoms with van der Waals surface area (Å²) < 4.78 is 40.4. The van der Waals surface area contributed by atoms with E-state index in [-0.39, 0.29) is 25.6 Å². The number of anilines is 1. The lowest BCUT2D eigenvalue weighted by molar-refractivity contribution is -0.173. The van der Waals surface area contributed by atoms with Crippen LogP contribution < -0.4 is 10.6 Å². The Balaban J connectivity index is 2.14. The molecule has 112 valence electrons. The topological polar surface area (TPSA) is 50.4 Å². The lowest BCUT2D eigenvalue weighted by Gasteiger charge is -2.09. The van der Waals surface area contributed by atoms with Gasteiger partial charge >= 0.3 is 6.18 Å². The van der Waals surface area contributed by atoms with Gasteiger partial charge in [-0.15, -0.1) is 0 Å². The number of hydrogen-bond acceptors (Lipinski definition) is 3. The van der Waals surface area contributed by atoms with Gasteiger partial charge in [0.05, 0.1) is 18.8 Å².